The normalized spacial score (nSPS) is 11.8. The first kappa shape index (κ1) is 19.4. The number of aromatic nitrogens is 2. The van der Waals surface area contributed by atoms with Crippen LogP contribution in [0.15, 0.2) is 83.9 Å². The summed E-state index contributed by atoms with van der Waals surface area (Å²) < 4.78 is 5.22. The third kappa shape index (κ3) is 4.22. The predicted molar refractivity (Wildman–Crippen MR) is 117 cm³/mol. The number of nitrogens with one attached hydrogen (secondary N) is 2. The molecule has 4 rings (SSSR count). The van der Waals surface area contributed by atoms with Gasteiger partial charge in [-0.05, 0) is 47.9 Å². The lowest BCUT2D eigenvalue weighted by Crippen LogP contribution is -2.23. The summed E-state index contributed by atoms with van der Waals surface area (Å²) in [5.41, 5.74) is 2.84. The number of rotatable bonds is 6. The Hall–Kier alpha value is -3.93. The van der Waals surface area contributed by atoms with Gasteiger partial charge in [0.15, 0.2) is 0 Å². The Bertz CT molecular complexity index is 1220. The molecule has 0 saturated carbocycles. The first-order chi connectivity index (χ1) is 14.6. The molecule has 30 heavy (non-hydrogen) atoms. The molecule has 0 aliphatic rings. The maximum atomic E-state index is 13.2. The second-order valence-corrected chi connectivity index (χ2v) is 6.97. The zero-order valence-corrected chi connectivity index (χ0v) is 16.5. The maximum Gasteiger partial charge on any atom is 0.258 e. The standard InChI is InChI=1S/C24H21N3O3/c1-30-19-10-7-16(8-11-19)13-20(17-5-3-2-4-6-17)24(29)27-18-9-12-22-21(14-18)23(28)26-15-25-22/h2-12,14-15,20H,13H2,1H3,(H,27,29)(H,25,26,28). The van der Waals surface area contributed by atoms with Crippen molar-refractivity contribution in [2.45, 2.75) is 12.3 Å². The SMILES string of the molecule is COc1ccc(CC(C(=O)Nc2ccc3nc[nH]c(=O)c3c2)c2ccccc2)cc1. The van der Waals surface area contributed by atoms with Crippen LogP contribution in [-0.4, -0.2) is 23.0 Å². The third-order valence-corrected chi connectivity index (χ3v) is 5.03. The van der Waals surface area contributed by atoms with Crippen molar-refractivity contribution in [2.24, 2.45) is 0 Å². The molecule has 6 nitrogen and oxygen atoms in total. The van der Waals surface area contributed by atoms with E-state index >= 15 is 0 Å². The number of methoxy groups -OCH3 is 1. The van der Waals surface area contributed by atoms with Crippen molar-refractivity contribution in [3.63, 3.8) is 0 Å². The zero-order valence-electron chi connectivity index (χ0n) is 16.5. The minimum absolute atomic E-state index is 0.142. The predicted octanol–water partition coefficient (Wildman–Crippen LogP) is 3.90. The molecule has 150 valence electrons. The number of hydrogen-bond acceptors (Lipinski definition) is 4. The van der Waals surface area contributed by atoms with E-state index in [1.54, 1.807) is 25.3 Å². The fourth-order valence-electron chi connectivity index (χ4n) is 3.42. The van der Waals surface area contributed by atoms with Crippen molar-refractivity contribution >= 4 is 22.5 Å². The number of H-pyrrole nitrogens is 1. The average Bonchev–Trinajstić information content (AvgIpc) is 2.79. The number of fused-ring (bicyclic) bond motifs is 1. The molecule has 1 heterocycles. The highest BCUT2D eigenvalue weighted by Crippen LogP contribution is 2.25. The zero-order chi connectivity index (χ0) is 20.9. The number of anilines is 1. The molecule has 0 bridgehead atoms. The van der Waals surface area contributed by atoms with Gasteiger partial charge in [0, 0.05) is 5.69 Å². The van der Waals surface area contributed by atoms with Gasteiger partial charge < -0.3 is 15.0 Å². The van der Waals surface area contributed by atoms with E-state index in [1.807, 2.05) is 54.6 Å². The van der Waals surface area contributed by atoms with Crippen LogP contribution >= 0.6 is 0 Å². The van der Waals surface area contributed by atoms with Crippen LogP contribution in [0, 0.1) is 0 Å². The number of carbonyl (C=O) groups is 1. The van der Waals surface area contributed by atoms with Crippen LogP contribution < -0.4 is 15.6 Å². The highest BCUT2D eigenvalue weighted by Gasteiger charge is 2.21. The number of carbonyl (C=O) groups excluding carboxylic acids is 1. The summed E-state index contributed by atoms with van der Waals surface area (Å²) in [6, 6.07) is 22.5. The molecule has 0 aliphatic carbocycles. The Balaban J connectivity index is 1.62. The summed E-state index contributed by atoms with van der Waals surface area (Å²) in [5, 5.41) is 3.39. The van der Waals surface area contributed by atoms with Crippen LogP contribution in [0.3, 0.4) is 0 Å². The molecule has 3 aromatic carbocycles. The lowest BCUT2D eigenvalue weighted by atomic mass is 9.91. The monoisotopic (exact) mass is 399 g/mol. The summed E-state index contributed by atoms with van der Waals surface area (Å²) in [5.74, 6) is 0.244. The van der Waals surface area contributed by atoms with E-state index < -0.39 is 0 Å². The van der Waals surface area contributed by atoms with Gasteiger partial charge in [-0.25, -0.2) is 4.98 Å². The van der Waals surface area contributed by atoms with E-state index in [-0.39, 0.29) is 17.4 Å². The first-order valence-electron chi connectivity index (χ1n) is 9.60. The Morgan fingerprint density at radius 2 is 1.83 bits per heavy atom. The fraction of sp³-hybridized carbons (Fsp3) is 0.125. The minimum Gasteiger partial charge on any atom is -0.497 e. The summed E-state index contributed by atoms with van der Waals surface area (Å²) in [6.45, 7) is 0. The van der Waals surface area contributed by atoms with Gasteiger partial charge in [0.05, 0.1) is 30.3 Å². The summed E-state index contributed by atoms with van der Waals surface area (Å²) >= 11 is 0. The third-order valence-electron chi connectivity index (χ3n) is 5.03. The second-order valence-electron chi connectivity index (χ2n) is 6.97. The van der Waals surface area contributed by atoms with Crippen molar-refractivity contribution < 1.29 is 9.53 Å². The topological polar surface area (TPSA) is 84.1 Å². The molecule has 1 aromatic heterocycles. The number of amides is 1. The molecule has 4 aromatic rings. The van der Waals surface area contributed by atoms with Gasteiger partial charge in [0.1, 0.15) is 5.75 Å². The number of benzene rings is 3. The molecule has 0 fully saturated rings. The van der Waals surface area contributed by atoms with Gasteiger partial charge in [0.2, 0.25) is 5.91 Å². The van der Waals surface area contributed by atoms with E-state index in [4.69, 9.17) is 4.74 Å². The lowest BCUT2D eigenvalue weighted by molar-refractivity contribution is -0.117. The van der Waals surface area contributed by atoms with Crippen LogP contribution in [0.4, 0.5) is 5.69 Å². The quantitative estimate of drug-likeness (QED) is 0.515. The number of hydrogen-bond donors (Lipinski definition) is 2. The van der Waals surface area contributed by atoms with Crippen molar-refractivity contribution in [3.8, 4) is 5.75 Å². The Morgan fingerprint density at radius 3 is 2.57 bits per heavy atom. The van der Waals surface area contributed by atoms with Crippen LogP contribution in [0.2, 0.25) is 0 Å². The van der Waals surface area contributed by atoms with E-state index in [9.17, 15) is 9.59 Å². The smallest absolute Gasteiger partial charge is 0.258 e. The molecule has 1 amide bonds. The molecule has 1 atom stereocenters. The van der Waals surface area contributed by atoms with E-state index in [1.165, 1.54) is 6.33 Å². The van der Waals surface area contributed by atoms with Gasteiger partial charge in [-0.1, -0.05) is 42.5 Å². The van der Waals surface area contributed by atoms with Crippen molar-refractivity contribution in [3.05, 3.63) is 101 Å². The summed E-state index contributed by atoms with van der Waals surface area (Å²) in [7, 11) is 1.62. The molecule has 0 spiro atoms. The van der Waals surface area contributed by atoms with Crippen molar-refractivity contribution in [1.29, 1.82) is 0 Å². The largest absolute Gasteiger partial charge is 0.497 e. The Labute approximate surface area is 173 Å². The molecule has 6 heteroatoms. The van der Waals surface area contributed by atoms with Gasteiger partial charge >= 0.3 is 0 Å². The maximum absolute atomic E-state index is 13.2. The molecule has 0 aliphatic heterocycles. The van der Waals surface area contributed by atoms with Crippen LogP contribution in [-0.2, 0) is 11.2 Å². The molecule has 0 saturated heterocycles. The molecule has 1 unspecified atom stereocenters. The highest BCUT2D eigenvalue weighted by atomic mass is 16.5. The molecular weight excluding hydrogens is 378 g/mol. The Morgan fingerprint density at radius 1 is 1.07 bits per heavy atom. The number of nitrogens with zero attached hydrogens (tertiary/aromatic N) is 1. The van der Waals surface area contributed by atoms with E-state index in [2.05, 4.69) is 15.3 Å². The summed E-state index contributed by atoms with van der Waals surface area (Å²) in [4.78, 5) is 32.0. The average molecular weight is 399 g/mol. The minimum atomic E-state index is -0.387. The Kier molecular flexibility index (Phi) is 5.57. The molecular formula is C24H21N3O3. The number of aromatic amines is 1. The van der Waals surface area contributed by atoms with Crippen molar-refractivity contribution in [2.75, 3.05) is 12.4 Å². The fourth-order valence-corrected chi connectivity index (χ4v) is 3.42. The van der Waals surface area contributed by atoms with Gasteiger partial charge in [-0.15, -0.1) is 0 Å². The number of ether oxygens (including phenoxy) is 1. The van der Waals surface area contributed by atoms with E-state index in [0.29, 0.717) is 23.0 Å². The second kappa shape index (κ2) is 8.61. The lowest BCUT2D eigenvalue weighted by Gasteiger charge is -2.18. The molecule has 2 N–H and O–H groups in total. The van der Waals surface area contributed by atoms with Gasteiger partial charge in [0.25, 0.3) is 5.56 Å². The van der Waals surface area contributed by atoms with Crippen LogP contribution in [0.25, 0.3) is 10.9 Å². The van der Waals surface area contributed by atoms with Crippen molar-refractivity contribution in [1.82, 2.24) is 9.97 Å². The molecule has 0 radical (unpaired) electrons. The van der Waals surface area contributed by atoms with E-state index in [0.717, 1.165) is 16.9 Å². The van der Waals surface area contributed by atoms with Crippen LogP contribution in [0.5, 0.6) is 5.75 Å². The highest BCUT2D eigenvalue weighted by molar-refractivity contribution is 5.97. The van der Waals surface area contributed by atoms with Gasteiger partial charge in [-0.3, -0.25) is 9.59 Å². The van der Waals surface area contributed by atoms with Gasteiger partial charge in [-0.2, -0.15) is 0 Å². The summed E-state index contributed by atoms with van der Waals surface area (Å²) in [6.07, 6.45) is 1.90. The van der Waals surface area contributed by atoms with Crippen LogP contribution in [0.1, 0.15) is 17.0 Å². The first-order valence-corrected chi connectivity index (χ1v) is 9.60.